The molecule has 0 aliphatic carbocycles. The molecule has 0 atom stereocenters. The Balaban J connectivity index is 2.33. The number of ether oxygens (including phenoxy) is 1. The van der Waals surface area contributed by atoms with Crippen LogP contribution in [0, 0.1) is 0 Å². The van der Waals surface area contributed by atoms with Gasteiger partial charge in [0, 0.05) is 12.0 Å². The van der Waals surface area contributed by atoms with E-state index in [1.807, 2.05) is 44.2 Å². The van der Waals surface area contributed by atoms with Gasteiger partial charge in [-0.05, 0) is 53.2 Å². The summed E-state index contributed by atoms with van der Waals surface area (Å²) in [6.45, 7) is 4.70. The lowest BCUT2D eigenvalue weighted by atomic mass is 10.1. The first-order valence-electron chi connectivity index (χ1n) is 5.99. The lowest BCUT2D eigenvalue weighted by Crippen LogP contribution is -1.96. The van der Waals surface area contributed by atoms with Crippen molar-refractivity contribution in [3.63, 3.8) is 0 Å². The van der Waals surface area contributed by atoms with E-state index in [2.05, 4.69) is 25.9 Å². The van der Waals surface area contributed by atoms with Crippen LogP contribution in [0.25, 0.3) is 11.3 Å². The molecule has 3 nitrogen and oxygen atoms in total. The Morgan fingerprint density at radius 3 is 2.44 bits per heavy atom. The van der Waals surface area contributed by atoms with Gasteiger partial charge in [0.2, 0.25) is 0 Å². The van der Waals surface area contributed by atoms with Crippen molar-refractivity contribution in [2.75, 3.05) is 6.61 Å². The van der Waals surface area contributed by atoms with Crippen molar-refractivity contribution in [1.82, 2.24) is 9.97 Å². The highest BCUT2D eigenvalue weighted by Gasteiger charge is 2.04. The monoisotopic (exact) mass is 306 g/mol. The molecule has 0 spiro atoms. The van der Waals surface area contributed by atoms with E-state index in [4.69, 9.17) is 4.74 Å². The van der Waals surface area contributed by atoms with Crippen LogP contribution in [0.1, 0.15) is 19.7 Å². The number of nitrogens with zero attached hydrogens (tertiary/aromatic N) is 2. The van der Waals surface area contributed by atoms with Crippen molar-refractivity contribution in [3.05, 3.63) is 40.8 Å². The van der Waals surface area contributed by atoms with Crippen LogP contribution in [0.4, 0.5) is 0 Å². The first-order chi connectivity index (χ1) is 8.72. The minimum Gasteiger partial charge on any atom is -0.494 e. The van der Waals surface area contributed by atoms with Gasteiger partial charge in [0.05, 0.1) is 12.3 Å². The Bertz CT molecular complexity index is 526. The van der Waals surface area contributed by atoms with E-state index in [0.717, 1.165) is 33.9 Å². The zero-order valence-electron chi connectivity index (χ0n) is 10.5. The number of aryl methyl sites for hydroxylation is 1. The maximum absolute atomic E-state index is 5.42. The second-order valence-corrected chi connectivity index (χ2v) is 4.62. The minimum atomic E-state index is 0.679. The molecule has 0 unspecified atom stereocenters. The molecule has 1 aromatic carbocycles. The van der Waals surface area contributed by atoms with Crippen LogP contribution in [0.5, 0.6) is 5.75 Å². The van der Waals surface area contributed by atoms with E-state index in [9.17, 15) is 0 Å². The summed E-state index contributed by atoms with van der Waals surface area (Å²) in [6, 6.07) is 9.87. The number of rotatable bonds is 4. The average molecular weight is 307 g/mol. The van der Waals surface area contributed by atoms with Gasteiger partial charge in [-0.25, -0.2) is 9.97 Å². The highest BCUT2D eigenvalue weighted by Crippen LogP contribution is 2.23. The van der Waals surface area contributed by atoms with E-state index < -0.39 is 0 Å². The van der Waals surface area contributed by atoms with E-state index in [1.54, 1.807) is 0 Å². The first kappa shape index (κ1) is 13.0. The predicted octanol–water partition coefficient (Wildman–Crippen LogP) is 3.87. The molecule has 94 valence electrons. The SMILES string of the molecule is CCOc1ccc(-c2cc(Br)nc(CC)n2)cc1. The molecule has 0 fully saturated rings. The largest absolute Gasteiger partial charge is 0.494 e. The smallest absolute Gasteiger partial charge is 0.130 e. The van der Waals surface area contributed by atoms with Crippen LogP contribution in [0.2, 0.25) is 0 Å². The zero-order valence-corrected chi connectivity index (χ0v) is 12.1. The summed E-state index contributed by atoms with van der Waals surface area (Å²) >= 11 is 3.41. The average Bonchev–Trinajstić information content (AvgIpc) is 2.39. The van der Waals surface area contributed by atoms with Crippen molar-refractivity contribution >= 4 is 15.9 Å². The van der Waals surface area contributed by atoms with Gasteiger partial charge in [0.15, 0.2) is 0 Å². The molecule has 18 heavy (non-hydrogen) atoms. The summed E-state index contributed by atoms with van der Waals surface area (Å²) in [5, 5.41) is 0. The van der Waals surface area contributed by atoms with Crippen molar-refractivity contribution < 1.29 is 4.74 Å². The fraction of sp³-hybridized carbons (Fsp3) is 0.286. The first-order valence-corrected chi connectivity index (χ1v) is 6.79. The zero-order chi connectivity index (χ0) is 13.0. The topological polar surface area (TPSA) is 35.0 Å². The Morgan fingerprint density at radius 2 is 1.83 bits per heavy atom. The summed E-state index contributed by atoms with van der Waals surface area (Å²) in [7, 11) is 0. The normalized spacial score (nSPS) is 10.4. The Morgan fingerprint density at radius 1 is 1.11 bits per heavy atom. The van der Waals surface area contributed by atoms with Crippen LogP contribution in [0.15, 0.2) is 34.9 Å². The highest BCUT2D eigenvalue weighted by atomic mass is 79.9. The molecule has 2 rings (SSSR count). The molecule has 0 radical (unpaired) electrons. The van der Waals surface area contributed by atoms with Gasteiger partial charge < -0.3 is 4.74 Å². The van der Waals surface area contributed by atoms with Gasteiger partial charge in [-0.1, -0.05) is 6.92 Å². The van der Waals surface area contributed by atoms with Crippen molar-refractivity contribution in [2.24, 2.45) is 0 Å². The minimum absolute atomic E-state index is 0.679. The van der Waals surface area contributed by atoms with Gasteiger partial charge >= 0.3 is 0 Å². The molecule has 0 aliphatic rings. The molecule has 1 heterocycles. The number of benzene rings is 1. The van der Waals surface area contributed by atoms with Crippen LogP contribution in [-0.2, 0) is 6.42 Å². The third-order valence-electron chi connectivity index (χ3n) is 2.52. The maximum atomic E-state index is 5.42. The van der Waals surface area contributed by atoms with Gasteiger partial charge in [-0.2, -0.15) is 0 Å². The maximum Gasteiger partial charge on any atom is 0.130 e. The van der Waals surface area contributed by atoms with E-state index in [1.165, 1.54) is 0 Å². The van der Waals surface area contributed by atoms with Crippen LogP contribution < -0.4 is 4.74 Å². The molecular weight excluding hydrogens is 292 g/mol. The molecule has 0 aliphatic heterocycles. The quantitative estimate of drug-likeness (QED) is 0.804. The van der Waals surface area contributed by atoms with Crippen LogP contribution >= 0.6 is 15.9 Å². The number of halogens is 1. The third kappa shape index (κ3) is 3.07. The van der Waals surface area contributed by atoms with E-state index in [0.29, 0.717) is 6.61 Å². The van der Waals surface area contributed by atoms with E-state index >= 15 is 0 Å². The lowest BCUT2D eigenvalue weighted by molar-refractivity contribution is 0.340. The number of hydrogen-bond acceptors (Lipinski definition) is 3. The molecule has 0 N–H and O–H groups in total. The second-order valence-electron chi connectivity index (χ2n) is 3.80. The summed E-state index contributed by atoms with van der Waals surface area (Å²) in [4.78, 5) is 8.82. The van der Waals surface area contributed by atoms with Crippen molar-refractivity contribution in [3.8, 4) is 17.0 Å². The van der Waals surface area contributed by atoms with Gasteiger partial charge in [0.25, 0.3) is 0 Å². The Labute approximate surface area is 115 Å². The number of aromatic nitrogens is 2. The fourth-order valence-electron chi connectivity index (χ4n) is 1.66. The molecule has 0 bridgehead atoms. The molecule has 0 saturated carbocycles. The number of hydrogen-bond donors (Lipinski definition) is 0. The Kier molecular flexibility index (Phi) is 4.31. The second kappa shape index (κ2) is 5.96. The van der Waals surface area contributed by atoms with Crippen LogP contribution in [0.3, 0.4) is 0 Å². The van der Waals surface area contributed by atoms with E-state index in [-0.39, 0.29) is 0 Å². The third-order valence-corrected chi connectivity index (χ3v) is 2.92. The fourth-order valence-corrected chi connectivity index (χ4v) is 2.08. The molecule has 0 amide bonds. The summed E-state index contributed by atoms with van der Waals surface area (Å²) in [6.07, 6.45) is 0.823. The molecule has 1 aromatic heterocycles. The summed E-state index contributed by atoms with van der Waals surface area (Å²) < 4.78 is 6.24. The Hall–Kier alpha value is -1.42. The molecule has 0 saturated heterocycles. The van der Waals surface area contributed by atoms with Gasteiger partial charge in [0.1, 0.15) is 16.2 Å². The highest BCUT2D eigenvalue weighted by molar-refractivity contribution is 9.10. The van der Waals surface area contributed by atoms with Crippen LogP contribution in [-0.4, -0.2) is 16.6 Å². The molecular formula is C14H15BrN2O. The standard InChI is InChI=1S/C14H15BrN2O/c1-3-14-16-12(9-13(15)17-14)10-5-7-11(8-6-10)18-4-2/h5-9H,3-4H2,1-2H3. The molecule has 2 aromatic rings. The predicted molar refractivity (Wildman–Crippen MR) is 75.7 cm³/mol. The van der Waals surface area contributed by atoms with Crippen molar-refractivity contribution in [2.45, 2.75) is 20.3 Å². The van der Waals surface area contributed by atoms with Gasteiger partial charge in [-0.15, -0.1) is 0 Å². The molecule has 4 heteroatoms. The lowest BCUT2D eigenvalue weighted by Gasteiger charge is -2.06. The summed E-state index contributed by atoms with van der Waals surface area (Å²) in [5.74, 6) is 1.72. The van der Waals surface area contributed by atoms with Crippen molar-refractivity contribution in [1.29, 1.82) is 0 Å². The summed E-state index contributed by atoms with van der Waals surface area (Å²) in [5.41, 5.74) is 1.99. The van der Waals surface area contributed by atoms with Gasteiger partial charge in [-0.3, -0.25) is 0 Å².